The molecule has 0 spiro atoms. The predicted octanol–water partition coefficient (Wildman–Crippen LogP) is 0.962. The second-order valence-electron chi connectivity index (χ2n) is 6.12. The van der Waals surface area contributed by atoms with Crippen molar-refractivity contribution in [1.82, 2.24) is 10.2 Å². The van der Waals surface area contributed by atoms with E-state index < -0.39 is 0 Å². The third-order valence-electron chi connectivity index (χ3n) is 4.15. The summed E-state index contributed by atoms with van der Waals surface area (Å²) in [4.78, 5) is 29.5. The van der Waals surface area contributed by atoms with E-state index in [1.165, 1.54) is 11.8 Å². The first-order chi connectivity index (χ1) is 11.6. The van der Waals surface area contributed by atoms with E-state index in [9.17, 15) is 9.59 Å². The van der Waals surface area contributed by atoms with Crippen LogP contribution >= 0.6 is 11.8 Å². The van der Waals surface area contributed by atoms with E-state index in [1.807, 2.05) is 31.2 Å². The summed E-state index contributed by atoms with van der Waals surface area (Å²) in [6, 6.07) is 7.76. The Morgan fingerprint density at radius 3 is 2.88 bits per heavy atom. The molecule has 24 heavy (non-hydrogen) atoms. The molecule has 1 aromatic rings. The van der Waals surface area contributed by atoms with Crippen molar-refractivity contribution in [2.45, 2.75) is 17.9 Å². The van der Waals surface area contributed by atoms with Gasteiger partial charge in [0.1, 0.15) is 6.54 Å². The van der Waals surface area contributed by atoms with Gasteiger partial charge in [-0.1, -0.05) is 12.1 Å². The molecule has 0 unspecified atom stereocenters. The summed E-state index contributed by atoms with van der Waals surface area (Å²) >= 11 is 1.52. The first kappa shape index (κ1) is 17.3. The van der Waals surface area contributed by atoms with E-state index in [2.05, 4.69) is 10.2 Å². The van der Waals surface area contributed by atoms with Crippen molar-refractivity contribution in [3.63, 3.8) is 0 Å². The first-order valence-electron chi connectivity index (χ1n) is 8.25. The molecule has 130 valence electrons. The average Bonchev–Trinajstić information content (AvgIpc) is 2.58. The molecule has 1 fully saturated rings. The maximum Gasteiger partial charge on any atom is 0.240 e. The van der Waals surface area contributed by atoms with E-state index in [1.54, 1.807) is 4.90 Å². The third-order valence-corrected chi connectivity index (χ3v) is 5.20. The van der Waals surface area contributed by atoms with Crippen molar-refractivity contribution in [2.75, 3.05) is 50.0 Å². The van der Waals surface area contributed by atoms with Crippen LogP contribution in [0.4, 0.5) is 5.69 Å². The van der Waals surface area contributed by atoms with Gasteiger partial charge < -0.3 is 15.0 Å². The van der Waals surface area contributed by atoms with Crippen LogP contribution in [0, 0.1) is 0 Å². The van der Waals surface area contributed by atoms with Crippen LogP contribution in [0.5, 0.6) is 0 Å². The lowest BCUT2D eigenvalue weighted by Gasteiger charge is -2.31. The van der Waals surface area contributed by atoms with Gasteiger partial charge in [0.05, 0.1) is 24.7 Å². The van der Waals surface area contributed by atoms with Crippen molar-refractivity contribution in [2.24, 2.45) is 0 Å². The molecule has 3 rings (SSSR count). The van der Waals surface area contributed by atoms with Gasteiger partial charge in [0.15, 0.2) is 0 Å². The number of anilines is 1. The quantitative estimate of drug-likeness (QED) is 0.858. The number of nitrogens with one attached hydrogen (secondary N) is 1. The SMILES string of the molecule is C[C@@H](CN1CCOCC1)NC(=O)CN1C(=O)CSc2ccccc21. The second kappa shape index (κ2) is 8.00. The van der Waals surface area contributed by atoms with Gasteiger partial charge in [-0.05, 0) is 19.1 Å². The van der Waals surface area contributed by atoms with Crippen LogP contribution in [0.25, 0.3) is 0 Å². The summed E-state index contributed by atoms with van der Waals surface area (Å²) in [5.41, 5.74) is 0.828. The van der Waals surface area contributed by atoms with Gasteiger partial charge in [0.25, 0.3) is 0 Å². The number of fused-ring (bicyclic) bond motifs is 1. The number of rotatable bonds is 5. The molecule has 2 heterocycles. The van der Waals surface area contributed by atoms with Crippen LogP contribution in [0.2, 0.25) is 0 Å². The molecule has 1 N–H and O–H groups in total. The fourth-order valence-corrected chi connectivity index (χ4v) is 3.94. The Balaban J connectivity index is 1.55. The van der Waals surface area contributed by atoms with Crippen LogP contribution in [0.15, 0.2) is 29.2 Å². The van der Waals surface area contributed by atoms with Crippen molar-refractivity contribution in [3.8, 4) is 0 Å². The molecule has 1 saturated heterocycles. The highest BCUT2D eigenvalue weighted by molar-refractivity contribution is 8.00. The number of carbonyl (C=O) groups excluding carboxylic acids is 2. The number of para-hydroxylation sites is 1. The fourth-order valence-electron chi connectivity index (χ4n) is 3.01. The number of benzene rings is 1. The lowest BCUT2D eigenvalue weighted by molar-refractivity contribution is -0.123. The maximum atomic E-state index is 12.4. The topological polar surface area (TPSA) is 61.9 Å². The van der Waals surface area contributed by atoms with Crippen LogP contribution in [-0.2, 0) is 14.3 Å². The van der Waals surface area contributed by atoms with Gasteiger partial charge in [-0.3, -0.25) is 14.5 Å². The highest BCUT2D eigenvalue weighted by Crippen LogP contribution is 2.34. The zero-order valence-electron chi connectivity index (χ0n) is 13.9. The van der Waals surface area contributed by atoms with Crippen molar-refractivity contribution >= 4 is 29.3 Å². The minimum absolute atomic E-state index is 0.0188. The Labute approximate surface area is 146 Å². The standard InChI is InChI=1S/C17H23N3O3S/c1-13(10-19-6-8-23-9-7-19)18-16(21)11-20-14-4-2-3-5-15(14)24-12-17(20)22/h2-5,13H,6-12H2,1H3,(H,18,21)/t13-/m0/s1. The molecule has 1 atom stereocenters. The Morgan fingerprint density at radius 2 is 2.08 bits per heavy atom. The zero-order valence-corrected chi connectivity index (χ0v) is 14.7. The molecule has 1 aromatic carbocycles. The van der Waals surface area contributed by atoms with Crippen LogP contribution in [-0.4, -0.2) is 67.9 Å². The smallest absolute Gasteiger partial charge is 0.240 e. The molecule has 6 nitrogen and oxygen atoms in total. The molecule has 0 bridgehead atoms. The van der Waals surface area contributed by atoms with E-state index in [0.29, 0.717) is 5.75 Å². The lowest BCUT2D eigenvalue weighted by atomic mass is 10.2. The maximum absolute atomic E-state index is 12.4. The van der Waals surface area contributed by atoms with Gasteiger partial charge >= 0.3 is 0 Å². The molecule has 0 aliphatic carbocycles. The highest BCUT2D eigenvalue weighted by Gasteiger charge is 2.26. The lowest BCUT2D eigenvalue weighted by Crippen LogP contribution is -2.49. The molecule has 2 amide bonds. The summed E-state index contributed by atoms with van der Waals surface area (Å²) in [6.07, 6.45) is 0. The van der Waals surface area contributed by atoms with Crippen LogP contribution in [0.3, 0.4) is 0 Å². The number of morpholine rings is 1. The van der Waals surface area contributed by atoms with Gasteiger partial charge in [-0.15, -0.1) is 11.8 Å². The van der Waals surface area contributed by atoms with Crippen molar-refractivity contribution in [1.29, 1.82) is 0 Å². The summed E-state index contributed by atoms with van der Waals surface area (Å²) in [6.45, 7) is 6.16. The van der Waals surface area contributed by atoms with Gasteiger partial charge in [-0.2, -0.15) is 0 Å². The van der Waals surface area contributed by atoms with Gasteiger partial charge in [0.2, 0.25) is 11.8 Å². The number of hydrogen-bond donors (Lipinski definition) is 1. The molecule has 2 aliphatic rings. The number of nitrogens with zero attached hydrogens (tertiary/aromatic N) is 2. The highest BCUT2D eigenvalue weighted by atomic mass is 32.2. The Kier molecular flexibility index (Phi) is 5.76. The molecule has 0 radical (unpaired) electrons. The average molecular weight is 349 g/mol. The number of hydrogen-bond acceptors (Lipinski definition) is 5. The Hall–Kier alpha value is -1.57. The summed E-state index contributed by atoms with van der Waals surface area (Å²) in [5.74, 6) is 0.244. The summed E-state index contributed by atoms with van der Waals surface area (Å²) in [5, 5.41) is 3.00. The number of amides is 2. The number of carbonyl (C=O) groups is 2. The fraction of sp³-hybridized carbons (Fsp3) is 0.529. The molecule has 0 aromatic heterocycles. The predicted molar refractivity (Wildman–Crippen MR) is 94.4 cm³/mol. The van der Waals surface area contributed by atoms with Crippen molar-refractivity contribution in [3.05, 3.63) is 24.3 Å². The number of thioether (sulfide) groups is 1. The second-order valence-corrected chi connectivity index (χ2v) is 7.14. The minimum Gasteiger partial charge on any atom is -0.379 e. The van der Waals surface area contributed by atoms with Crippen molar-refractivity contribution < 1.29 is 14.3 Å². The minimum atomic E-state index is -0.120. The number of ether oxygens (including phenoxy) is 1. The molecule has 7 heteroatoms. The van der Waals surface area contributed by atoms with Gasteiger partial charge in [-0.25, -0.2) is 0 Å². The van der Waals surface area contributed by atoms with E-state index in [4.69, 9.17) is 4.74 Å². The zero-order chi connectivity index (χ0) is 16.9. The normalized spacial score (nSPS) is 19.7. The van der Waals surface area contributed by atoms with E-state index in [-0.39, 0.29) is 24.4 Å². The van der Waals surface area contributed by atoms with Gasteiger partial charge in [0, 0.05) is 30.6 Å². The molecular weight excluding hydrogens is 326 g/mol. The molecule has 2 aliphatic heterocycles. The largest absolute Gasteiger partial charge is 0.379 e. The van der Waals surface area contributed by atoms with E-state index >= 15 is 0 Å². The Bertz CT molecular complexity index is 604. The van der Waals surface area contributed by atoms with E-state index in [0.717, 1.165) is 43.4 Å². The van der Waals surface area contributed by atoms with Crippen LogP contribution < -0.4 is 10.2 Å². The molecule has 0 saturated carbocycles. The molecular formula is C17H23N3O3S. The third kappa shape index (κ3) is 4.28. The Morgan fingerprint density at radius 1 is 1.33 bits per heavy atom. The summed E-state index contributed by atoms with van der Waals surface area (Å²) < 4.78 is 5.33. The monoisotopic (exact) mass is 349 g/mol. The first-order valence-corrected chi connectivity index (χ1v) is 9.23. The summed E-state index contributed by atoms with van der Waals surface area (Å²) in [7, 11) is 0. The van der Waals surface area contributed by atoms with Crippen LogP contribution in [0.1, 0.15) is 6.92 Å².